The molecule has 8 heteroatoms. The molecule has 140 valence electrons. The number of nitrogens with one attached hydrogen (secondary N) is 1. The van der Waals surface area contributed by atoms with Gasteiger partial charge >= 0.3 is 0 Å². The van der Waals surface area contributed by atoms with Crippen LogP contribution in [0.5, 0.6) is 0 Å². The SMILES string of the molecule is N#CNC(N)=NCCN1CCC(C2(c3ccc(F)cc3)OCCO2)CC1. The first-order valence-corrected chi connectivity index (χ1v) is 8.85. The lowest BCUT2D eigenvalue weighted by Crippen LogP contribution is -2.45. The number of aliphatic imine (C=N–C) groups is 1. The number of nitriles is 1. The van der Waals surface area contributed by atoms with Crippen molar-refractivity contribution in [1.29, 1.82) is 5.26 Å². The molecule has 2 aliphatic rings. The lowest BCUT2D eigenvalue weighted by atomic mass is 9.84. The zero-order valence-electron chi connectivity index (χ0n) is 14.7. The van der Waals surface area contributed by atoms with Crippen molar-refractivity contribution in [2.24, 2.45) is 16.6 Å². The van der Waals surface area contributed by atoms with Gasteiger partial charge in [0.2, 0.25) is 5.96 Å². The van der Waals surface area contributed by atoms with Crippen LogP contribution in [0.15, 0.2) is 29.3 Å². The molecule has 0 atom stereocenters. The lowest BCUT2D eigenvalue weighted by molar-refractivity contribution is -0.214. The molecule has 2 fully saturated rings. The number of hydrogen-bond acceptors (Lipinski definition) is 5. The molecule has 2 saturated heterocycles. The lowest BCUT2D eigenvalue weighted by Gasteiger charge is -2.41. The summed E-state index contributed by atoms with van der Waals surface area (Å²) in [6, 6.07) is 6.42. The van der Waals surface area contributed by atoms with E-state index in [2.05, 4.69) is 15.2 Å². The summed E-state index contributed by atoms with van der Waals surface area (Å²) in [5, 5.41) is 10.8. The Kier molecular flexibility index (Phi) is 6.04. The molecule has 0 amide bonds. The Labute approximate surface area is 152 Å². The van der Waals surface area contributed by atoms with Crippen molar-refractivity contribution in [1.82, 2.24) is 10.2 Å². The predicted molar refractivity (Wildman–Crippen MR) is 94.4 cm³/mol. The van der Waals surface area contributed by atoms with Crippen molar-refractivity contribution in [3.63, 3.8) is 0 Å². The van der Waals surface area contributed by atoms with Gasteiger partial charge in [0.15, 0.2) is 12.0 Å². The van der Waals surface area contributed by atoms with Gasteiger partial charge in [0.05, 0.1) is 19.8 Å². The minimum Gasteiger partial charge on any atom is -0.369 e. The second-order valence-corrected chi connectivity index (χ2v) is 6.49. The Morgan fingerprint density at radius 1 is 1.31 bits per heavy atom. The van der Waals surface area contributed by atoms with Gasteiger partial charge in [-0.3, -0.25) is 10.3 Å². The molecule has 0 aromatic heterocycles. The van der Waals surface area contributed by atoms with E-state index in [-0.39, 0.29) is 17.7 Å². The molecule has 1 aromatic rings. The molecular weight excluding hydrogens is 337 g/mol. The summed E-state index contributed by atoms with van der Waals surface area (Å²) in [5.41, 5.74) is 6.42. The Bertz CT molecular complexity index is 659. The minimum absolute atomic E-state index is 0.144. The van der Waals surface area contributed by atoms with E-state index >= 15 is 0 Å². The number of rotatable bonds is 5. The van der Waals surface area contributed by atoms with Gasteiger partial charge in [-0.25, -0.2) is 4.39 Å². The van der Waals surface area contributed by atoms with Gasteiger partial charge in [-0.15, -0.1) is 0 Å². The summed E-state index contributed by atoms with van der Waals surface area (Å²) in [6.07, 6.45) is 3.59. The van der Waals surface area contributed by atoms with Gasteiger partial charge < -0.3 is 20.1 Å². The van der Waals surface area contributed by atoms with Gasteiger partial charge in [-0.05, 0) is 38.1 Å². The van der Waals surface area contributed by atoms with Crippen LogP contribution >= 0.6 is 0 Å². The van der Waals surface area contributed by atoms with Crippen LogP contribution in [0.3, 0.4) is 0 Å². The third-order valence-electron chi connectivity index (χ3n) is 4.97. The Morgan fingerprint density at radius 3 is 2.58 bits per heavy atom. The van der Waals surface area contributed by atoms with E-state index in [9.17, 15) is 4.39 Å². The van der Waals surface area contributed by atoms with E-state index in [1.807, 2.05) is 0 Å². The molecule has 0 aliphatic carbocycles. The summed E-state index contributed by atoms with van der Waals surface area (Å²) in [4.78, 5) is 6.42. The molecule has 1 aromatic carbocycles. The summed E-state index contributed by atoms with van der Waals surface area (Å²) in [5.74, 6) is -0.660. The average Bonchev–Trinajstić information content (AvgIpc) is 3.14. The maximum atomic E-state index is 13.3. The van der Waals surface area contributed by atoms with Crippen molar-refractivity contribution < 1.29 is 13.9 Å². The third kappa shape index (κ3) is 4.12. The number of guanidine groups is 1. The first-order chi connectivity index (χ1) is 12.6. The highest BCUT2D eigenvalue weighted by Gasteiger charge is 2.46. The van der Waals surface area contributed by atoms with Crippen LogP contribution in [-0.4, -0.2) is 50.3 Å². The number of ether oxygens (including phenoxy) is 2. The number of nitrogens with two attached hydrogens (primary N) is 1. The normalized spacial score (nSPS) is 21.5. The van der Waals surface area contributed by atoms with Gasteiger partial charge in [0.1, 0.15) is 5.82 Å². The molecule has 2 aliphatic heterocycles. The number of nitrogens with zero attached hydrogens (tertiary/aromatic N) is 3. The van der Waals surface area contributed by atoms with Crippen molar-refractivity contribution in [3.8, 4) is 6.19 Å². The monoisotopic (exact) mass is 361 g/mol. The number of hydrogen-bond donors (Lipinski definition) is 2. The van der Waals surface area contributed by atoms with Crippen molar-refractivity contribution >= 4 is 5.96 Å². The zero-order valence-corrected chi connectivity index (χ0v) is 14.7. The molecule has 0 bridgehead atoms. The standard InChI is InChI=1S/C18H24FN5O2/c19-16-3-1-14(2-4-16)18(25-11-12-26-18)15-5-8-24(9-6-15)10-7-22-17(21)23-13-20/h1-4,15H,5-12H2,(H3,21,22,23). The Morgan fingerprint density at radius 2 is 1.96 bits per heavy atom. The fourth-order valence-corrected chi connectivity index (χ4v) is 3.69. The molecule has 0 spiro atoms. The zero-order chi connectivity index (χ0) is 18.4. The van der Waals surface area contributed by atoms with Gasteiger partial charge in [0.25, 0.3) is 0 Å². The van der Waals surface area contributed by atoms with Crippen LogP contribution in [0, 0.1) is 23.2 Å². The van der Waals surface area contributed by atoms with Gasteiger partial charge in [-0.2, -0.15) is 5.26 Å². The van der Waals surface area contributed by atoms with Crippen molar-refractivity contribution in [2.75, 3.05) is 39.4 Å². The van der Waals surface area contributed by atoms with E-state index in [1.54, 1.807) is 18.3 Å². The van der Waals surface area contributed by atoms with Crippen LogP contribution in [-0.2, 0) is 15.3 Å². The summed E-state index contributed by atoms with van der Waals surface area (Å²) in [7, 11) is 0. The fourth-order valence-electron chi connectivity index (χ4n) is 3.69. The van der Waals surface area contributed by atoms with E-state index in [1.165, 1.54) is 12.1 Å². The van der Waals surface area contributed by atoms with E-state index < -0.39 is 5.79 Å². The third-order valence-corrected chi connectivity index (χ3v) is 4.97. The fraction of sp³-hybridized carbons (Fsp3) is 0.556. The number of piperidine rings is 1. The van der Waals surface area contributed by atoms with Crippen LogP contribution < -0.4 is 11.1 Å². The molecule has 3 N–H and O–H groups in total. The van der Waals surface area contributed by atoms with E-state index in [0.29, 0.717) is 19.8 Å². The quantitative estimate of drug-likeness (QED) is 0.353. The van der Waals surface area contributed by atoms with E-state index in [4.69, 9.17) is 20.5 Å². The van der Waals surface area contributed by atoms with Crippen LogP contribution in [0.25, 0.3) is 0 Å². The summed E-state index contributed by atoms with van der Waals surface area (Å²) < 4.78 is 25.4. The highest BCUT2D eigenvalue weighted by Crippen LogP contribution is 2.43. The Balaban J connectivity index is 1.58. The van der Waals surface area contributed by atoms with Crippen LogP contribution in [0.4, 0.5) is 4.39 Å². The van der Waals surface area contributed by atoms with E-state index in [0.717, 1.165) is 38.0 Å². The molecule has 0 saturated carbocycles. The topological polar surface area (TPSA) is 95.9 Å². The van der Waals surface area contributed by atoms with Crippen molar-refractivity contribution in [2.45, 2.75) is 18.6 Å². The molecule has 0 radical (unpaired) electrons. The summed E-state index contributed by atoms with van der Waals surface area (Å²) in [6.45, 7) is 4.24. The summed E-state index contributed by atoms with van der Waals surface area (Å²) >= 11 is 0. The van der Waals surface area contributed by atoms with Gasteiger partial charge in [0, 0.05) is 18.0 Å². The number of benzene rings is 1. The average molecular weight is 361 g/mol. The smallest absolute Gasteiger partial charge is 0.202 e. The first-order valence-electron chi connectivity index (χ1n) is 8.85. The highest BCUT2D eigenvalue weighted by molar-refractivity contribution is 5.79. The second kappa shape index (κ2) is 8.45. The minimum atomic E-state index is -0.765. The second-order valence-electron chi connectivity index (χ2n) is 6.49. The first kappa shape index (κ1) is 18.6. The maximum Gasteiger partial charge on any atom is 0.202 e. The maximum absolute atomic E-state index is 13.3. The predicted octanol–water partition coefficient (Wildman–Crippen LogP) is 1.12. The molecular formula is C18H24FN5O2. The van der Waals surface area contributed by atoms with Crippen LogP contribution in [0.2, 0.25) is 0 Å². The Hall–Kier alpha value is -2.21. The molecule has 7 nitrogen and oxygen atoms in total. The molecule has 3 rings (SSSR count). The highest BCUT2D eigenvalue weighted by atomic mass is 19.1. The van der Waals surface area contributed by atoms with Crippen molar-refractivity contribution in [3.05, 3.63) is 35.6 Å². The largest absolute Gasteiger partial charge is 0.369 e. The molecule has 26 heavy (non-hydrogen) atoms. The van der Waals surface area contributed by atoms with Gasteiger partial charge in [-0.1, -0.05) is 12.1 Å². The molecule has 2 heterocycles. The molecule has 0 unspecified atom stereocenters. The van der Waals surface area contributed by atoms with Crippen LogP contribution in [0.1, 0.15) is 18.4 Å². The number of halogens is 1. The number of likely N-dealkylation sites (tertiary alicyclic amines) is 1.